The first-order valence-electron chi connectivity index (χ1n) is 23.5. The number of piperazine rings is 2. The van der Waals surface area contributed by atoms with Gasteiger partial charge >= 0.3 is 0 Å². The number of amides is 6. The maximum absolute atomic E-state index is 15.3. The molecular formula is C53H52F2N10O8S. The molecule has 2 saturated heterocycles. The van der Waals surface area contributed by atoms with E-state index in [-0.39, 0.29) is 94.3 Å². The number of carbonyl (C=O) groups excluding carboxylic acids is 6. The number of sulfonamides is 1. The number of hydrogen-bond donors (Lipinski definition) is 5. The standard InChI is InChI=1S/C30H29FN6O5S.C23H23FN4O3/c1-19-8-10-21(11-9-19)43(41,42)35-34-27(23-18-33-26-22(28(38)32-2)12-13-24(31)25(23)26)30(40)37-16-14-36(15-17-37)29(39)20-6-4-3-5-7-20;1-25-22(30)17-7-8-18(24)20-16(14-26-21(17)20)13-19(29)27-9-11-28(12-10-27)23(31)15-5-3-2-4-6-15/h3-13,18,33,35H,14-17H2,1-2H3,(H,32,38);2-8,14,26H,9-13H2,1H3,(H,25,30). The van der Waals surface area contributed by atoms with E-state index in [2.05, 4.69) is 30.5 Å². The van der Waals surface area contributed by atoms with Crippen LogP contribution in [0.3, 0.4) is 0 Å². The topological polar surface area (TPSA) is 230 Å². The molecule has 382 valence electrons. The highest BCUT2D eigenvalue weighted by Crippen LogP contribution is 2.28. The van der Waals surface area contributed by atoms with Crippen molar-refractivity contribution in [3.63, 3.8) is 0 Å². The van der Waals surface area contributed by atoms with E-state index in [4.69, 9.17) is 0 Å². The van der Waals surface area contributed by atoms with Gasteiger partial charge in [0.2, 0.25) is 5.91 Å². The maximum atomic E-state index is 15.3. The lowest BCUT2D eigenvalue weighted by atomic mass is 10.0. The zero-order valence-corrected chi connectivity index (χ0v) is 41.4. The molecule has 2 aromatic heterocycles. The SMILES string of the molecule is CNC(=O)c1ccc(F)c2c(C(=NNS(=O)(=O)c3ccc(C)cc3)C(=O)N3CCN(C(=O)c4ccccc4)CC3)c[nH]c12.CNC(=O)c1ccc(F)c2c(CC(=O)N3CCN(C(=O)c4ccccc4)CC3)c[nH]c12. The Bertz CT molecular complexity index is 3410. The van der Waals surface area contributed by atoms with E-state index in [0.29, 0.717) is 53.9 Å². The number of hydrazone groups is 1. The van der Waals surface area contributed by atoms with Gasteiger partial charge in [0, 0.05) is 106 Å². The number of hydrogen-bond acceptors (Lipinski definition) is 9. The Balaban J connectivity index is 0.000000208. The normalized spacial score (nSPS) is 14.0. The van der Waals surface area contributed by atoms with Crippen LogP contribution in [0.5, 0.6) is 0 Å². The number of fused-ring (bicyclic) bond motifs is 2. The van der Waals surface area contributed by atoms with Crippen molar-refractivity contribution in [2.45, 2.75) is 18.2 Å². The van der Waals surface area contributed by atoms with Crippen molar-refractivity contribution in [2.24, 2.45) is 5.10 Å². The van der Waals surface area contributed by atoms with E-state index in [1.54, 1.807) is 69.4 Å². The highest BCUT2D eigenvalue weighted by molar-refractivity contribution is 7.89. The van der Waals surface area contributed by atoms with E-state index in [1.807, 2.05) is 31.2 Å². The lowest BCUT2D eigenvalue weighted by Crippen LogP contribution is -2.52. The Morgan fingerprint density at radius 2 is 1.03 bits per heavy atom. The number of H-pyrrole nitrogens is 2. The number of carbonyl (C=O) groups is 6. The Labute approximate surface area is 424 Å². The van der Waals surface area contributed by atoms with Crippen molar-refractivity contribution in [1.82, 2.24) is 45.0 Å². The molecule has 21 heteroatoms. The number of nitrogens with zero attached hydrogens (tertiary/aromatic N) is 5. The van der Waals surface area contributed by atoms with Crippen LogP contribution in [-0.2, 0) is 26.0 Å². The average Bonchev–Trinajstić information content (AvgIpc) is 4.07. The summed E-state index contributed by atoms with van der Waals surface area (Å²) < 4.78 is 55.9. The molecule has 0 aliphatic carbocycles. The molecule has 0 radical (unpaired) electrons. The van der Waals surface area contributed by atoms with Crippen LogP contribution in [0, 0.1) is 18.6 Å². The minimum Gasteiger partial charge on any atom is -0.360 e. The molecule has 5 aromatic carbocycles. The Hall–Kier alpha value is -8.72. The highest BCUT2D eigenvalue weighted by Gasteiger charge is 2.32. The number of aromatic amines is 2. The molecule has 0 atom stereocenters. The van der Waals surface area contributed by atoms with Crippen LogP contribution in [0.1, 0.15) is 58.1 Å². The van der Waals surface area contributed by atoms with Crippen molar-refractivity contribution >= 4 is 73.0 Å². The van der Waals surface area contributed by atoms with E-state index in [1.165, 1.54) is 55.5 Å². The number of aromatic nitrogens is 2. The van der Waals surface area contributed by atoms with Gasteiger partial charge in [-0.3, -0.25) is 28.8 Å². The van der Waals surface area contributed by atoms with Gasteiger partial charge in [-0.2, -0.15) is 18.4 Å². The smallest absolute Gasteiger partial charge is 0.276 e. The zero-order chi connectivity index (χ0) is 52.7. The molecular weight excluding hydrogens is 975 g/mol. The van der Waals surface area contributed by atoms with Gasteiger partial charge in [-0.25, -0.2) is 8.78 Å². The van der Waals surface area contributed by atoms with E-state index >= 15 is 4.39 Å². The van der Waals surface area contributed by atoms with Crippen molar-refractivity contribution in [3.8, 4) is 0 Å². The quantitative estimate of drug-likeness (QED) is 0.0888. The summed E-state index contributed by atoms with van der Waals surface area (Å²) >= 11 is 0. The first kappa shape index (κ1) is 51.6. The molecule has 18 nitrogen and oxygen atoms in total. The third kappa shape index (κ3) is 11.0. The third-order valence-electron chi connectivity index (χ3n) is 12.8. The van der Waals surface area contributed by atoms with Crippen molar-refractivity contribution in [2.75, 3.05) is 66.5 Å². The van der Waals surface area contributed by atoms with E-state index < -0.39 is 33.5 Å². The molecule has 6 amide bonds. The highest BCUT2D eigenvalue weighted by atomic mass is 32.2. The number of aryl methyl sites for hydroxylation is 1. The summed E-state index contributed by atoms with van der Waals surface area (Å²) in [6.45, 7) is 4.27. The number of nitrogens with one attached hydrogen (secondary N) is 5. The molecule has 2 aliphatic heterocycles. The van der Waals surface area contributed by atoms with Crippen LogP contribution in [-0.4, -0.2) is 146 Å². The fourth-order valence-corrected chi connectivity index (χ4v) is 9.59. The van der Waals surface area contributed by atoms with Crippen molar-refractivity contribution in [1.29, 1.82) is 0 Å². The summed E-state index contributed by atoms with van der Waals surface area (Å²) in [5.74, 6) is -3.07. The van der Waals surface area contributed by atoms with Crippen LogP contribution in [0.4, 0.5) is 8.78 Å². The molecule has 0 saturated carbocycles. The summed E-state index contributed by atoms with van der Waals surface area (Å²) in [7, 11) is -1.26. The van der Waals surface area contributed by atoms with Crippen LogP contribution in [0.25, 0.3) is 21.8 Å². The van der Waals surface area contributed by atoms with Gasteiger partial charge in [0.25, 0.3) is 39.6 Å². The van der Waals surface area contributed by atoms with Gasteiger partial charge in [0.05, 0.1) is 33.5 Å². The predicted octanol–water partition coefficient (Wildman–Crippen LogP) is 4.84. The van der Waals surface area contributed by atoms with Crippen LogP contribution >= 0.6 is 0 Å². The minimum atomic E-state index is -4.20. The summed E-state index contributed by atoms with van der Waals surface area (Å²) in [5.41, 5.74) is 3.05. The van der Waals surface area contributed by atoms with E-state index in [9.17, 15) is 41.6 Å². The second-order valence-corrected chi connectivity index (χ2v) is 19.1. The van der Waals surface area contributed by atoms with Gasteiger partial charge in [-0.05, 0) is 73.2 Å². The van der Waals surface area contributed by atoms with Crippen molar-refractivity contribution < 1.29 is 46.0 Å². The van der Waals surface area contributed by atoms with Crippen LogP contribution in [0.15, 0.2) is 132 Å². The summed E-state index contributed by atoms with van der Waals surface area (Å²) in [6, 6.07) is 28.9. The Kier molecular flexibility index (Phi) is 15.6. The summed E-state index contributed by atoms with van der Waals surface area (Å²) in [6.07, 6.45) is 2.90. The molecule has 2 aliphatic rings. The number of rotatable bonds is 11. The molecule has 0 bridgehead atoms. The van der Waals surface area contributed by atoms with Gasteiger partial charge < -0.3 is 40.2 Å². The summed E-state index contributed by atoms with van der Waals surface area (Å²) in [4.78, 5) is 91.0. The molecule has 2 fully saturated rings. The van der Waals surface area contributed by atoms with Gasteiger partial charge in [0.15, 0.2) is 5.71 Å². The fourth-order valence-electron chi connectivity index (χ4n) is 8.78. The third-order valence-corrected chi connectivity index (χ3v) is 14.0. The van der Waals surface area contributed by atoms with E-state index in [0.717, 1.165) is 11.6 Å². The van der Waals surface area contributed by atoms with Crippen LogP contribution < -0.4 is 15.5 Å². The van der Waals surface area contributed by atoms with Crippen molar-refractivity contribution in [3.05, 3.63) is 172 Å². The fraction of sp³-hybridized carbons (Fsp3) is 0.226. The molecule has 0 unspecified atom stereocenters. The molecule has 9 rings (SSSR count). The molecule has 4 heterocycles. The second-order valence-electron chi connectivity index (χ2n) is 17.4. The average molecular weight is 1030 g/mol. The molecule has 5 N–H and O–H groups in total. The monoisotopic (exact) mass is 1030 g/mol. The molecule has 0 spiro atoms. The van der Waals surface area contributed by atoms with Crippen LogP contribution in [0.2, 0.25) is 0 Å². The predicted molar refractivity (Wildman–Crippen MR) is 273 cm³/mol. The van der Waals surface area contributed by atoms with Gasteiger partial charge in [-0.15, -0.1) is 0 Å². The Morgan fingerprint density at radius 3 is 1.54 bits per heavy atom. The molecule has 7 aromatic rings. The van der Waals surface area contributed by atoms with Gasteiger partial charge in [-0.1, -0.05) is 54.1 Å². The van der Waals surface area contributed by atoms with Gasteiger partial charge in [0.1, 0.15) is 11.6 Å². The first-order chi connectivity index (χ1) is 35.6. The first-order valence-corrected chi connectivity index (χ1v) is 25.0. The minimum absolute atomic E-state index is 0.0146. The second kappa shape index (κ2) is 22.4. The number of halogens is 2. The Morgan fingerprint density at radius 1 is 0.568 bits per heavy atom. The maximum Gasteiger partial charge on any atom is 0.276 e. The number of benzene rings is 5. The lowest BCUT2D eigenvalue weighted by Gasteiger charge is -2.35. The largest absolute Gasteiger partial charge is 0.360 e. The molecule has 74 heavy (non-hydrogen) atoms. The lowest BCUT2D eigenvalue weighted by molar-refractivity contribution is -0.132. The zero-order valence-electron chi connectivity index (χ0n) is 40.6. The summed E-state index contributed by atoms with van der Waals surface area (Å²) in [5, 5.41) is 9.20.